The van der Waals surface area contributed by atoms with Crippen molar-refractivity contribution in [3.05, 3.63) is 60.3 Å². The summed E-state index contributed by atoms with van der Waals surface area (Å²) in [7, 11) is -1.51. The number of hydrogen-bond acceptors (Lipinski definition) is 2. The van der Waals surface area contributed by atoms with E-state index in [4.69, 9.17) is 9.40 Å². The second kappa shape index (κ2) is 6.10. The lowest BCUT2D eigenvalue weighted by atomic mass is 10.0. The number of nitrogens with zero attached hydrogens (tertiary/aromatic N) is 1. The molecule has 4 aromatic rings. The summed E-state index contributed by atoms with van der Waals surface area (Å²) in [5.41, 5.74) is 5.23. The van der Waals surface area contributed by atoms with Gasteiger partial charge in [0.15, 0.2) is 0 Å². The molecule has 0 bridgehead atoms. The molecule has 26 heavy (non-hydrogen) atoms. The van der Waals surface area contributed by atoms with E-state index in [1.165, 1.54) is 21.5 Å². The first-order chi connectivity index (χ1) is 12.4. The molecule has 2 aromatic heterocycles. The van der Waals surface area contributed by atoms with Gasteiger partial charge in [0.25, 0.3) is 0 Å². The Bertz CT molecular complexity index is 1090. The second-order valence-electron chi connectivity index (χ2n) is 8.34. The molecular formula is C23H25NOSi. The molecule has 4 rings (SSSR count). The van der Waals surface area contributed by atoms with Gasteiger partial charge < -0.3 is 4.42 Å². The van der Waals surface area contributed by atoms with Crippen LogP contribution in [0.25, 0.3) is 33.2 Å². The van der Waals surface area contributed by atoms with Gasteiger partial charge in [0.05, 0.1) is 13.8 Å². The first-order valence-electron chi connectivity index (χ1n) is 9.27. The van der Waals surface area contributed by atoms with Crippen LogP contribution < -0.4 is 5.19 Å². The summed E-state index contributed by atoms with van der Waals surface area (Å²) in [6, 6.07) is 17.1. The van der Waals surface area contributed by atoms with Gasteiger partial charge in [-0.3, -0.25) is 4.98 Å². The number of para-hydroxylation sites is 1. The van der Waals surface area contributed by atoms with Crippen molar-refractivity contribution >= 4 is 35.2 Å². The van der Waals surface area contributed by atoms with Gasteiger partial charge in [-0.2, -0.15) is 0 Å². The average molecular weight is 360 g/mol. The Labute approximate surface area is 155 Å². The lowest BCUT2D eigenvalue weighted by molar-refractivity contribution is 0.670. The highest BCUT2D eigenvalue weighted by Gasteiger charge is 2.24. The molecule has 2 heterocycles. The van der Waals surface area contributed by atoms with E-state index in [1.807, 2.05) is 12.3 Å². The Hall–Kier alpha value is -2.39. The third kappa shape index (κ3) is 2.76. The molecule has 0 unspecified atom stereocenters. The van der Waals surface area contributed by atoms with Crippen LogP contribution in [0.15, 0.2) is 59.1 Å². The maximum atomic E-state index is 6.33. The smallest absolute Gasteiger partial charge is 0.144 e. The summed E-state index contributed by atoms with van der Waals surface area (Å²) in [4.78, 5) is 4.73. The first-order valence-corrected chi connectivity index (χ1v) is 12.8. The highest BCUT2D eigenvalue weighted by atomic mass is 28.3. The number of rotatable bonds is 3. The van der Waals surface area contributed by atoms with E-state index in [2.05, 4.69) is 76.0 Å². The van der Waals surface area contributed by atoms with E-state index in [0.29, 0.717) is 5.92 Å². The lowest BCUT2D eigenvalue weighted by Crippen LogP contribution is -2.37. The van der Waals surface area contributed by atoms with Crippen molar-refractivity contribution in [1.82, 2.24) is 4.98 Å². The van der Waals surface area contributed by atoms with Gasteiger partial charge in [0, 0.05) is 22.5 Å². The predicted octanol–water partition coefficient (Wildman–Crippen LogP) is 6.32. The van der Waals surface area contributed by atoms with Crippen molar-refractivity contribution < 1.29 is 4.42 Å². The van der Waals surface area contributed by atoms with Crippen molar-refractivity contribution in [1.29, 1.82) is 0 Å². The zero-order valence-electron chi connectivity index (χ0n) is 16.1. The molecule has 0 aliphatic carbocycles. The van der Waals surface area contributed by atoms with Crippen LogP contribution in [0.2, 0.25) is 19.6 Å². The standard InChI is InChI=1S/C23H25NOSi/c1-15(2)16-10-12-19(24-14-16)17-11-13-21(26(3,4)5)22-18-8-6-7-9-20(18)25-23(17)22/h6-15H,1-5H3. The Morgan fingerprint density at radius 1 is 0.923 bits per heavy atom. The number of pyridine rings is 1. The summed E-state index contributed by atoms with van der Waals surface area (Å²) in [6.45, 7) is 11.5. The number of aromatic nitrogens is 1. The van der Waals surface area contributed by atoms with Gasteiger partial charge >= 0.3 is 0 Å². The van der Waals surface area contributed by atoms with Crippen LogP contribution in [0.5, 0.6) is 0 Å². The van der Waals surface area contributed by atoms with E-state index in [9.17, 15) is 0 Å². The molecule has 0 aliphatic heterocycles. The van der Waals surface area contributed by atoms with Crippen molar-refractivity contribution in [2.24, 2.45) is 0 Å². The van der Waals surface area contributed by atoms with E-state index in [-0.39, 0.29) is 0 Å². The lowest BCUT2D eigenvalue weighted by Gasteiger charge is -2.19. The van der Waals surface area contributed by atoms with Crippen LogP contribution in [0.3, 0.4) is 0 Å². The minimum Gasteiger partial charge on any atom is -0.455 e. The van der Waals surface area contributed by atoms with Crippen molar-refractivity contribution in [2.75, 3.05) is 0 Å². The summed E-state index contributed by atoms with van der Waals surface area (Å²) in [6.07, 6.45) is 1.99. The number of hydrogen-bond donors (Lipinski definition) is 0. The van der Waals surface area contributed by atoms with Crippen LogP contribution in [0, 0.1) is 0 Å². The summed E-state index contributed by atoms with van der Waals surface area (Å²) < 4.78 is 6.33. The molecule has 2 nitrogen and oxygen atoms in total. The molecule has 0 N–H and O–H groups in total. The van der Waals surface area contributed by atoms with Crippen LogP contribution in [0.4, 0.5) is 0 Å². The van der Waals surface area contributed by atoms with Gasteiger partial charge in [-0.05, 0) is 34.9 Å². The van der Waals surface area contributed by atoms with Crippen molar-refractivity contribution in [3.8, 4) is 11.3 Å². The third-order valence-electron chi connectivity index (χ3n) is 5.06. The fraction of sp³-hybridized carbons (Fsp3) is 0.261. The fourth-order valence-electron chi connectivity index (χ4n) is 3.56. The predicted molar refractivity (Wildman–Crippen MR) is 114 cm³/mol. The molecule has 0 spiro atoms. The molecule has 0 aliphatic rings. The molecule has 132 valence electrons. The van der Waals surface area contributed by atoms with Crippen LogP contribution in [0.1, 0.15) is 25.3 Å². The summed E-state index contributed by atoms with van der Waals surface area (Å²) >= 11 is 0. The Kier molecular flexibility index (Phi) is 4.00. The molecule has 0 radical (unpaired) electrons. The van der Waals surface area contributed by atoms with Crippen molar-refractivity contribution in [3.63, 3.8) is 0 Å². The zero-order chi connectivity index (χ0) is 18.5. The number of benzene rings is 2. The molecule has 0 atom stereocenters. The summed E-state index contributed by atoms with van der Waals surface area (Å²) in [5.74, 6) is 0.483. The molecule has 2 aromatic carbocycles. The minimum absolute atomic E-state index is 0.483. The second-order valence-corrected chi connectivity index (χ2v) is 13.4. The Morgan fingerprint density at radius 2 is 1.69 bits per heavy atom. The van der Waals surface area contributed by atoms with Gasteiger partial charge in [-0.25, -0.2) is 0 Å². The fourth-order valence-corrected chi connectivity index (χ4v) is 5.14. The highest BCUT2D eigenvalue weighted by molar-refractivity contribution is 6.90. The minimum atomic E-state index is -1.51. The normalized spacial score (nSPS) is 12.4. The first kappa shape index (κ1) is 17.0. The van der Waals surface area contributed by atoms with E-state index in [1.54, 1.807) is 0 Å². The van der Waals surface area contributed by atoms with Gasteiger partial charge in [0.2, 0.25) is 0 Å². The van der Waals surface area contributed by atoms with E-state index >= 15 is 0 Å². The van der Waals surface area contributed by atoms with Crippen LogP contribution in [-0.2, 0) is 0 Å². The topological polar surface area (TPSA) is 26.0 Å². The molecular weight excluding hydrogens is 334 g/mol. The largest absolute Gasteiger partial charge is 0.455 e. The Balaban J connectivity index is 2.03. The number of fused-ring (bicyclic) bond motifs is 3. The maximum Gasteiger partial charge on any atom is 0.144 e. The van der Waals surface area contributed by atoms with Gasteiger partial charge in [-0.15, -0.1) is 0 Å². The zero-order valence-corrected chi connectivity index (χ0v) is 17.1. The van der Waals surface area contributed by atoms with Gasteiger partial charge in [0.1, 0.15) is 11.2 Å². The van der Waals surface area contributed by atoms with Crippen LogP contribution in [-0.4, -0.2) is 13.1 Å². The quantitative estimate of drug-likeness (QED) is 0.400. The molecule has 3 heteroatoms. The monoisotopic (exact) mass is 359 g/mol. The molecule has 0 saturated heterocycles. The maximum absolute atomic E-state index is 6.33. The SMILES string of the molecule is CC(C)c1ccc(-c2ccc([Si](C)(C)C)c3c2oc2ccccc23)nc1. The van der Waals surface area contributed by atoms with Crippen LogP contribution >= 0.6 is 0 Å². The average Bonchev–Trinajstić information content (AvgIpc) is 2.99. The number of furan rings is 1. The Morgan fingerprint density at radius 3 is 2.35 bits per heavy atom. The molecule has 0 amide bonds. The van der Waals surface area contributed by atoms with Crippen molar-refractivity contribution in [2.45, 2.75) is 39.4 Å². The molecule has 0 saturated carbocycles. The van der Waals surface area contributed by atoms with Gasteiger partial charge in [-0.1, -0.05) is 63.8 Å². The summed E-state index contributed by atoms with van der Waals surface area (Å²) in [5, 5.41) is 3.92. The van der Waals surface area contributed by atoms with E-state index in [0.717, 1.165) is 22.4 Å². The molecule has 0 fully saturated rings. The highest BCUT2D eigenvalue weighted by Crippen LogP contribution is 2.35. The third-order valence-corrected chi connectivity index (χ3v) is 7.10. The van der Waals surface area contributed by atoms with E-state index < -0.39 is 8.07 Å².